The van der Waals surface area contributed by atoms with Crippen LogP contribution < -0.4 is 5.32 Å². The fourth-order valence-corrected chi connectivity index (χ4v) is 1.64. The Balaban J connectivity index is 2.58. The SMILES string of the molecule is CCCc1nc(Br)cc(NCCC(F)(F)F)n1. The third-order valence-corrected chi connectivity index (χ3v) is 2.34. The third-order valence-electron chi connectivity index (χ3n) is 1.93. The number of aromatic nitrogens is 2. The van der Waals surface area contributed by atoms with Gasteiger partial charge in [0.05, 0.1) is 6.42 Å². The van der Waals surface area contributed by atoms with E-state index in [0.29, 0.717) is 22.7 Å². The van der Waals surface area contributed by atoms with Gasteiger partial charge in [-0.2, -0.15) is 13.2 Å². The summed E-state index contributed by atoms with van der Waals surface area (Å²) in [5.41, 5.74) is 0. The highest BCUT2D eigenvalue weighted by atomic mass is 79.9. The van der Waals surface area contributed by atoms with E-state index in [0.717, 1.165) is 6.42 Å². The summed E-state index contributed by atoms with van der Waals surface area (Å²) in [5, 5.41) is 2.64. The second-order valence-electron chi connectivity index (χ2n) is 3.53. The van der Waals surface area contributed by atoms with Crippen molar-refractivity contribution in [2.75, 3.05) is 11.9 Å². The van der Waals surface area contributed by atoms with Gasteiger partial charge in [-0.25, -0.2) is 9.97 Å². The van der Waals surface area contributed by atoms with Crippen LogP contribution in [-0.4, -0.2) is 22.7 Å². The third kappa shape index (κ3) is 5.86. The van der Waals surface area contributed by atoms with Crippen LogP contribution in [0.1, 0.15) is 25.6 Å². The van der Waals surface area contributed by atoms with Gasteiger partial charge < -0.3 is 5.32 Å². The van der Waals surface area contributed by atoms with Crippen molar-refractivity contribution in [1.82, 2.24) is 9.97 Å². The Kier molecular flexibility index (Phi) is 5.17. The Hall–Kier alpha value is -0.850. The molecule has 0 saturated heterocycles. The van der Waals surface area contributed by atoms with Crippen molar-refractivity contribution in [2.24, 2.45) is 0 Å². The molecule has 0 spiro atoms. The van der Waals surface area contributed by atoms with Gasteiger partial charge in [0.15, 0.2) is 0 Å². The maximum absolute atomic E-state index is 12.0. The zero-order chi connectivity index (χ0) is 12.9. The van der Waals surface area contributed by atoms with Crippen molar-refractivity contribution in [2.45, 2.75) is 32.4 Å². The molecule has 0 bridgehead atoms. The van der Waals surface area contributed by atoms with Gasteiger partial charge in [0.1, 0.15) is 16.2 Å². The van der Waals surface area contributed by atoms with E-state index in [9.17, 15) is 13.2 Å². The lowest BCUT2D eigenvalue weighted by molar-refractivity contribution is -0.131. The lowest BCUT2D eigenvalue weighted by Gasteiger charge is -2.09. The molecule has 7 heteroatoms. The standard InChI is InChI=1S/C10H13BrF3N3/c1-2-3-8-16-7(11)6-9(17-8)15-5-4-10(12,13)14/h6H,2-5H2,1H3,(H,15,16,17). The van der Waals surface area contributed by atoms with Crippen LogP contribution in [0.15, 0.2) is 10.7 Å². The van der Waals surface area contributed by atoms with Crippen LogP contribution in [0.25, 0.3) is 0 Å². The van der Waals surface area contributed by atoms with E-state index in [2.05, 4.69) is 31.2 Å². The quantitative estimate of drug-likeness (QED) is 0.845. The van der Waals surface area contributed by atoms with Crippen LogP contribution in [0.4, 0.5) is 19.0 Å². The highest BCUT2D eigenvalue weighted by Gasteiger charge is 2.26. The van der Waals surface area contributed by atoms with Crippen LogP contribution in [0.2, 0.25) is 0 Å². The maximum atomic E-state index is 12.0. The fraction of sp³-hybridized carbons (Fsp3) is 0.600. The van der Waals surface area contributed by atoms with E-state index in [4.69, 9.17) is 0 Å². The van der Waals surface area contributed by atoms with Crippen molar-refractivity contribution in [3.63, 3.8) is 0 Å². The van der Waals surface area contributed by atoms with Crippen molar-refractivity contribution in [1.29, 1.82) is 0 Å². The van der Waals surface area contributed by atoms with E-state index in [-0.39, 0.29) is 6.54 Å². The number of hydrogen-bond donors (Lipinski definition) is 1. The number of halogens is 4. The number of aryl methyl sites for hydroxylation is 1. The van der Waals surface area contributed by atoms with E-state index in [1.54, 1.807) is 6.07 Å². The number of nitrogens with one attached hydrogen (secondary N) is 1. The molecule has 0 saturated carbocycles. The molecule has 0 aliphatic carbocycles. The predicted octanol–water partition coefficient (Wildman–Crippen LogP) is 3.56. The zero-order valence-corrected chi connectivity index (χ0v) is 10.9. The summed E-state index contributed by atoms with van der Waals surface area (Å²) in [7, 11) is 0. The van der Waals surface area contributed by atoms with Crippen LogP contribution in [0, 0.1) is 0 Å². The second kappa shape index (κ2) is 6.18. The van der Waals surface area contributed by atoms with Gasteiger partial charge in [-0.05, 0) is 22.4 Å². The molecule has 0 radical (unpaired) electrons. The summed E-state index contributed by atoms with van der Waals surface area (Å²) in [5.74, 6) is 1.04. The van der Waals surface area contributed by atoms with Gasteiger partial charge in [0, 0.05) is 19.0 Å². The molecular weight excluding hydrogens is 299 g/mol. The van der Waals surface area contributed by atoms with Gasteiger partial charge in [-0.3, -0.25) is 0 Å². The Morgan fingerprint density at radius 1 is 1.35 bits per heavy atom. The normalized spacial score (nSPS) is 11.6. The van der Waals surface area contributed by atoms with Gasteiger partial charge in [-0.1, -0.05) is 6.92 Å². The van der Waals surface area contributed by atoms with Crippen molar-refractivity contribution < 1.29 is 13.2 Å². The van der Waals surface area contributed by atoms with E-state index >= 15 is 0 Å². The van der Waals surface area contributed by atoms with Crippen LogP contribution in [0.3, 0.4) is 0 Å². The maximum Gasteiger partial charge on any atom is 0.390 e. The topological polar surface area (TPSA) is 37.8 Å². The Morgan fingerprint density at radius 3 is 2.65 bits per heavy atom. The Labute approximate surface area is 106 Å². The Bertz CT molecular complexity index is 368. The largest absolute Gasteiger partial charge is 0.390 e. The monoisotopic (exact) mass is 311 g/mol. The average molecular weight is 312 g/mol. The van der Waals surface area contributed by atoms with E-state index in [1.165, 1.54) is 0 Å². The second-order valence-corrected chi connectivity index (χ2v) is 4.35. The summed E-state index contributed by atoms with van der Waals surface area (Å²) in [4.78, 5) is 8.25. The molecule has 17 heavy (non-hydrogen) atoms. The van der Waals surface area contributed by atoms with Gasteiger partial charge in [0.2, 0.25) is 0 Å². The van der Waals surface area contributed by atoms with E-state index in [1.807, 2.05) is 6.92 Å². The lowest BCUT2D eigenvalue weighted by Crippen LogP contribution is -2.15. The molecule has 1 heterocycles. The molecule has 0 atom stereocenters. The molecular formula is C10H13BrF3N3. The summed E-state index contributed by atoms with van der Waals surface area (Å²) < 4.78 is 36.4. The summed E-state index contributed by atoms with van der Waals surface area (Å²) in [6, 6.07) is 1.57. The Morgan fingerprint density at radius 2 is 2.06 bits per heavy atom. The van der Waals surface area contributed by atoms with Crippen molar-refractivity contribution in [3.8, 4) is 0 Å². The van der Waals surface area contributed by atoms with E-state index < -0.39 is 12.6 Å². The van der Waals surface area contributed by atoms with Gasteiger partial charge >= 0.3 is 6.18 Å². The molecule has 0 fully saturated rings. The van der Waals surface area contributed by atoms with Gasteiger partial charge in [0.25, 0.3) is 0 Å². The fourth-order valence-electron chi connectivity index (χ4n) is 1.22. The predicted molar refractivity (Wildman–Crippen MR) is 62.9 cm³/mol. The summed E-state index contributed by atoms with van der Waals surface area (Å²) in [6.07, 6.45) is -3.44. The number of rotatable bonds is 5. The smallest absolute Gasteiger partial charge is 0.370 e. The molecule has 1 aromatic heterocycles. The molecule has 0 aromatic carbocycles. The van der Waals surface area contributed by atoms with Crippen LogP contribution in [-0.2, 0) is 6.42 Å². The molecule has 0 aliphatic heterocycles. The molecule has 1 N–H and O–H groups in total. The summed E-state index contributed by atoms with van der Waals surface area (Å²) in [6.45, 7) is 1.81. The minimum Gasteiger partial charge on any atom is -0.370 e. The first-order chi connectivity index (χ1) is 7.90. The first-order valence-corrected chi connectivity index (χ1v) is 6.04. The molecule has 0 aliphatic rings. The molecule has 96 valence electrons. The highest BCUT2D eigenvalue weighted by molar-refractivity contribution is 9.10. The average Bonchev–Trinajstić information content (AvgIpc) is 2.15. The molecule has 0 unspecified atom stereocenters. The van der Waals surface area contributed by atoms with Crippen molar-refractivity contribution >= 4 is 21.7 Å². The highest BCUT2D eigenvalue weighted by Crippen LogP contribution is 2.20. The number of alkyl halides is 3. The minimum atomic E-state index is -4.15. The van der Waals surface area contributed by atoms with Crippen LogP contribution >= 0.6 is 15.9 Å². The lowest BCUT2D eigenvalue weighted by atomic mass is 10.3. The zero-order valence-electron chi connectivity index (χ0n) is 9.31. The van der Waals surface area contributed by atoms with Crippen LogP contribution in [0.5, 0.6) is 0 Å². The molecule has 3 nitrogen and oxygen atoms in total. The summed E-state index contributed by atoms with van der Waals surface area (Å²) >= 11 is 3.20. The van der Waals surface area contributed by atoms with Crippen molar-refractivity contribution in [3.05, 3.63) is 16.5 Å². The first-order valence-electron chi connectivity index (χ1n) is 5.25. The minimum absolute atomic E-state index is 0.182. The number of hydrogen-bond acceptors (Lipinski definition) is 3. The molecule has 0 amide bonds. The first kappa shape index (κ1) is 14.2. The number of nitrogens with zero attached hydrogens (tertiary/aromatic N) is 2. The molecule has 1 rings (SSSR count). The number of anilines is 1. The molecule has 1 aromatic rings. The van der Waals surface area contributed by atoms with Gasteiger partial charge in [-0.15, -0.1) is 0 Å².